The highest BCUT2D eigenvalue weighted by molar-refractivity contribution is 7.18. The smallest absolute Gasteiger partial charge is 0.251 e. The van der Waals surface area contributed by atoms with E-state index in [2.05, 4.69) is 25.9 Å². The number of amides is 3. The number of fused-ring (bicyclic) bond motifs is 1. The van der Waals surface area contributed by atoms with Crippen LogP contribution >= 0.6 is 11.3 Å². The molecule has 1 saturated carbocycles. The molecule has 1 unspecified atom stereocenters. The van der Waals surface area contributed by atoms with Crippen molar-refractivity contribution in [2.24, 2.45) is 0 Å². The topological polar surface area (TPSA) is 146 Å². The molecule has 3 aromatic rings. The second-order valence-electron chi connectivity index (χ2n) is 8.05. The van der Waals surface area contributed by atoms with E-state index in [4.69, 9.17) is 4.74 Å². The van der Waals surface area contributed by atoms with E-state index in [-0.39, 0.29) is 24.4 Å². The maximum absolute atomic E-state index is 12.5. The highest BCUT2D eigenvalue weighted by Crippen LogP contribution is 2.30. The standard InChI is InChI=1S/C24H24N6O4S/c1-34-9-8-26-22(32)15-4-2-14(3-5-15)16-10-19-21(27-12-16)30-24(35-19)18(11-25)23(33)28-13-20(31)29-17-6-7-17/h2-5,10,12,17-18H,6-9,13H2,1H3,(H,26,32)(H,28,33)(H,29,31). The predicted octanol–water partition coefficient (Wildman–Crippen LogP) is 1.74. The lowest BCUT2D eigenvalue weighted by Crippen LogP contribution is -2.39. The molecule has 10 nitrogen and oxygen atoms in total. The molecule has 1 fully saturated rings. The number of hydrogen-bond acceptors (Lipinski definition) is 8. The van der Waals surface area contributed by atoms with Gasteiger partial charge < -0.3 is 20.7 Å². The van der Waals surface area contributed by atoms with Gasteiger partial charge in [0, 0.05) is 37.0 Å². The van der Waals surface area contributed by atoms with Crippen LogP contribution in [0.1, 0.15) is 34.1 Å². The van der Waals surface area contributed by atoms with Crippen molar-refractivity contribution in [3.8, 4) is 17.2 Å². The zero-order valence-corrected chi connectivity index (χ0v) is 19.9. The van der Waals surface area contributed by atoms with Gasteiger partial charge in [-0.3, -0.25) is 14.4 Å². The molecule has 0 bridgehead atoms. The van der Waals surface area contributed by atoms with Crippen LogP contribution in [0, 0.1) is 11.3 Å². The van der Waals surface area contributed by atoms with Crippen molar-refractivity contribution in [2.45, 2.75) is 24.8 Å². The van der Waals surface area contributed by atoms with Gasteiger partial charge in [-0.25, -0.2) is 9.97 Å². The van der Waals surface area contributed by atoms with E-state index in [1.165, 1.54) is 11.3 Å². The number of nitrogens with zero attached hydrogens (tertiary/aromatic N) is 3. The number of pyridine rings is 1. The molecule has 4 rings (SSSR count). The van der Waals surface area contributed by atoms with Gasteiger partial charge in [0.05, 0.1) is 23.9 Å². The summed E-state index contributed by atoms with van der Waals surface area (Å²) in [5.41, 5.74) is 2.64. The van der Waals surface area contributed by atoms with Crippen LogP contribution in [0.2, 0.25) is 0 Å². The molecule has 0 saturated heterocycles. The van der Waals surface area contributed by atoms with Gasteiger partial charge in [0.25, 0.3) is 5.91 Å². The monoisotopic (exact) mass is 492 g/mol. The molecule has 2 heterocycles. The number of thiazole rings is 1. The molecule has 1 aliphatic carbocycles. The van der Waals surface area contributed by atoms with Crippen LogP contribution in [-0.4, -0.2) is 60.5 Å². The van der Waals surface area contributed by atoms with Crippen LogP contribution in [0.4, 0.5) is 0 Å². The lowest BCUT2D eigenvalue weighted by molar-refractivity contribution is -0.126. The first-order valence-electron chi connectivity index (χ1n) is 11.1. The predicted molar refractivity (Wildman–Crippen MR) is 130 cm³/mol. The molecular formula is C24H24N6O4S. The Hall–Kier alpha value is -3.88. The van der Waals surface area contributed by atoms with E-state index in [0.717, 1.165) is 28.7 Å². The van der Waals surface area contributed by atoms with E-state index in [9.17, 15) is 19.6 Å². The Morgan fingerprint density at radius 3 is 2.66 bits per heavy atom. The van der Waals surface area contributed by atoms with Crippen molar-refractivity contribution in [2.75, 3.05) is 26.8 Å². The molecular weight excluding hydrogens is 468 g/mol. The summed E-state index contributed by atoms with van der Waals surface area (Å²) in [6.45, 7) is 0.693. The molecule has 3 N–H and O–H groups in total. The summed E-state index contributed by atoms with van der Waals surface area (Å²) < 4.78 is 5.65. The van der Waals surface area contributed by atoms with Crippen molar-refractivity contribution < 1.29 is 19.1 Å². The number of nitriles is 1. The maximum atomic E-state index is 12.5. The Balaban J connectivity index is 1.44. The fraction of sp³-hybridized carbons (Fsp3) is 0.333. The zero-order chi connectivity index (χ0) is 24.8. The van der Waals surface area contributed by atoms with Gasteiger partial charge in [-0.05, 0) is 36.6 Å². The second-order valence-corrected chi connectivity index (χ2v) is 9.11. The third-order valence-electron chi connectivity index (χ3n) is 5.34. The Labute approximate surface area is 205 Å². The van der Waals surface area contributed by atoms with E-state index in [1.54, 1.807) is 25.4 Å². The fourth-order valence-electron chi connectivity index (χ4n) is 3.30. The number of methoxy groups -OCH3 is 1. The van der Waals surface area contributed by atoms with E-state index in [1.807, 2.05) is 24.3 Å². The molecule has 11 heteroatoms. The number of hydrogen-bond donors (Lipinski definition) is 3. The largest absolute Gasteiger partial charge is 0.383 e. The van der Waals surface area contributed by atoms with Crippen LogP contribution < -0.4 is 16.0 Å². The first-order valence-corrected chi connectivity index (χ1v) is 11.9. The Kier molecular flexibility index (Phi) is 7.64. The summed E-state index contributed by atoms with van der Waals surface area (Å²) >= 11 is 1.21. The number of ether oxygens (including phenoxy) is 1. The van der Waals surface area contributed by atoms with Gasteiger partial charge in [0.15, 0.2) is 11.6 Å². The van der Waals surface area contributed by atoms with Gasteiger partial charge in [0.2, 0.25) is 11.8 Å². The average Bonchev–Trinajstić information content (AvgIpc) is 3.58. The van der Waals surface area contributed by atoms with Crippen LogP contribution in [0.5, 0.6) is 0 Å². The Morgan fingerprint density at radius 1 is 1.20 bits per heavy atom. The average molecular weight is 493 g/mol. The molecule has 0 radical (unpaired) electrons. The maximum Gasteiger partial charge on any atom is 0.251 e. The molecule has 180 valence electrons. The Morgan fingerprint density at radius 2 is 1.97 bits per heavy atom. The molecule has 1 aliphatic rings. The first-order chi connectivity index (χ1) is 17.0. The molecule has 1 aromatic carbocycles. The number of nitrogens with one attached hydrogen (secondary N) is 3. The molecule has 0 aliphatic heterocycles. The van der Waals surface area contributed by atoms with Crippen LogP contribution in [0.25, 0.3) is 21.5 Å². The summed E-state index contributed by atoms with van der Waals surface area (Å²) in [6.07, 6.45) is 3.56. The van der Waals surface area contributed by atoms with Crippen molar-refractivity contribution in [3.63, 3.8) is 0 Å². The minimum absolute atomic E-state index is 0.179. The third kappa shape index (κ3) is 6.17. The quantitative estimate of drug-likeness (QED) is 0.365. The van der Waals surface area contributed by atoms with Gasteiger partial charge in [-0.15, -0.1) is 11.3 Å². The van der Waals surface area contributed by atoms with Crippen molar-refractivity contribution in [1.29, 1.82) is 5.26 Å². The zero-order valence-electron chi connectivity index (χ0n) is 19.0. The highest BCUT2D eigenvalue weighted by Gasteiger charge is 2.27. The normalized spacial score (nSPS) is 13.6. The van der Waals surface area contributed by atoms with Gasteiger partial charge in [-0.2, -0.15) is 5.26 Å². The molecule has 3 amide bonds. The van der Waals surface area contributed by atoms with Crippen molar-refractivity contribution in [3.05, 3.63) is 47.1 Å². The minimum atomic E-state index is -1.14. The van der Waals surface area contributed by atoms with E-state index in [0.29, 0.717) is 29.4 Å². The van der Waals surface area contributed by atoms with Gasteiger partial charge in [0.1, 0.15) is 5.01 Å². The molecule has 1 atom stereocenters. The van der Waals surface area contributed by atoms with Crippen LogP contribution in [-0.2, 0) is 14.3 Å². The number of carbonyl (C=O) groups is 3. The van der Waals surface area contributed by atoms with Crippen LogP contribution in [0.15, 0.2) is 36.5 Å². The van der Waals surface area contributed by atoms with Gasteiger partial charge in [-0.1, -0.05) is 12.1 Å². The summed E-state index contributed by atoms with van der Waals surface area (Å²) in [5, 5.41) is 17.9. The highest BCUT2D eigenvalue weighted by atomic mass is 32.1. The SMILES string of the molecule is COCCNC(=O)c1ccc(-c2cnc3nc(C(C#N)C(=O)NCC(=O)NC4CC4)sc3c2)cc1. The molecule has 0 spiro atoms. The number of aromatic nitrogens is 2. The summed E-state index contributed by atoms with van der Waals surface area (Å²) in [5.74, 6) is -2.16. The van der Waals surface area contributed by atoms with E-state index >= 15 is 0 Å². The first kappa shape index (κ1) is 24.3. The third-order valence-corrected chi connectivity index (χ3v) is 6.40. The lowest BCUT2D eigenvalue weighted by Gasteiger charge is -2.08. The summed E-state index contributed by atoms with van der Waals surface area (Å²) in [7, 11) is 1.57. The van der Waals surface area contributed by atoms with E-state index < -0.39 is 11.8 Å². The van der Waals surface area contributed by atoms with Crippen LogP contribution in [0.3, 0.4) is 0 Å². The van der Waals surface area contributed by atoms with Gasteiger partial charge >= 0.3 is 0 Å². The molecule has 35 heavy (non-hydrogen) atoms. The minimum Gasteiger partial charge on any atom is -0.383 e. The number of benzene rings is 1. The number of carbonyl (C=O) groups excluding carboxylic acids is 3. The lowest BCUT2D eigenvalue weighted by atomic mass is 10.1. The van der Waals surface area contributed by atoms with Crippen molar-refractivity contribution in [1.82, 2.24) is 25.9 Å². The number of rotatable bonds is 10. The summed E-state index contributed by atoms with van der Waals surface area (Å²) in [6, 6.07) is 11.2. The fourth-order valence-corrected chi connectivity index (χ4v) is 4.31. The second kappa shape index (κ2) is 11.0. The van der Waals surface area contributed by atoms with Crippen molar-refractivity contribution >= 4 is 39.4 Å². The Bertz CT molecular complexity index is 1280. The summed E-state index contributed by atoms with van der Waals surface area (Å²) in [4.78, 5) is 45.2. The molecule has 2 aromatic heterocycles.